The molecule has 3 aromatic rings. The van der Waals surface area contributed by atoms with Crippen LogP contribution in [0.4, 0.5) is 0 Å². The molecule has 2 aliphatic rings. The molecule has 0 N–H and O–H groups in total. The van der Waals surface area contributed by atoms with Crippen molar-refractivity contribution in [3.05, 3.63) is 76.8 Å². The topological polar surface area (TPSA) is 59.0 Å². The van der Waals surface area contributed by atoms with Crippen LogP contribution in [0.25, 0.3) is 11.4 Å². The number of hydrogen-bond acceptors (Lipinski definition) is 4. The standard InChI is InChI=1S/C27H29ClN4O/c1-19-4-9-23(25-29-13-3-14-30-25)24(16-19)26(33)32-15-12-27(10-2-11-27)17-22(32)8-7-21-6-5-20(28)18-31-21/h3-6,9,13-14,16,18,22H,2,7-8,10-12,15,17H2,1H3. The maximum Gasteiger partial charge on any atom is 0.254 e. The highest BCUT2D eigenvalue weighted by Crippen LogP contribution is 2.51. The van der Waals surface area contributed by atoms with Gasteiger partial charge in [0.2, 0.25) is 0 Å². The van der Waals surface area contributed by atoms with Gasteiger partial charge >= 0.3 is 0 Å². The van der Waals surface area contributed by atoms with Crippen LogP contribution in [0.3, 0.4) is 0 Å². The van der Waals surface area contributed by atoms with E-state index in [0.717, 1.165) is 49.0 Å². The summed E-state index contributed by atoms with van der Waals surface area (Å²) < 4.78 is 0. The molecule has 5 rings (SSSR count). The molecule has 2 fully saturated rings. The SMILES string of the molecule is Cc1ccc(-c2ncccn2)c(C(=O)N2CCC3(CCC3)CC2CCc2ccc(Cl)cn2)c1. The Morgan fingerprint density at radius 2 is 1.94 bits per heavy atom. The number of carbonyl (C=O) groups is 1. The third-order valence-corrected chi connectivity index (χ3v) is 7.63. The summed E-state index contributed by atoms with van der Waals surface area (Å²) in [6, 6.07) is 11.9. The molecule has 6 heteroatoms. The molecular weight excluding hydrogens is 432 g/mol. The second-order valence-corrected chi connectivity index (χ2v) is 10.0. The Labute approximate surface area is 200 Å². The monoisotopic (exact) mass is 460 g/mol. The molecule has 33 heavy (non-hydrogen) atoms. The van der Waals surface area contributed by atoms with Crippen LogP contribution < -0.4 is 0 Å². The lowest BCUT2D eigenvalue weighted by atomic mass is 9.61. The van der Waals surface area contributed by atoms with Crippen LogP contribution in [0.5, 0.6) is 0 Å². The van der Waals surface area contributed by atoms with Crippen molar-refractivity contribution < 1.29 is 4.79 Å². The summed E-state index contributed by atoms with van der Waals surface area (Å²) in [5, 5.41) is 0.650. The minimum Gasteiger partial charge on any atom is -0.336 e. The number of benzene rings is 1. The Kier molecular flexibility index (Phi) is 6.15. The number of aryl methyl sites for hydroxylation is 2. The zero-order valence-electron chi connectivity index (χ0n) is 19.0. The van der Waals surface area contributed by atoms with Gasteiger partial charge < -0.3 is 4.90 Å². The van der Waals surface area contributed by atoms with Gasteiger partial charge in [0.05, 0.1) is 10.6 Å². The number of halogens is 1. The van der Waals surface area contributed by atoms with Gasteiger partial charge in [0, 0.05) is 42.4 Å². The van der Waals surface area contributed by atoms with Crippen LogP contribution in [0.2, 0.25) is 5.02 Å². The van der Waals surface area contributed by atoms with Crippen molar-refractivity contribution in [1.82, 2.24) is 19.9 Å². The number of pyridine rings is 1. The fraction of sp³-hybridized carbons (Fsp3) is 0.407. The smallest absolute Gasteiger partial charge is 0.254 e. The molecule has 3 heterocycles. The van der Waals surface area contributed by atoms with Gasteiger partial charge in [0.15, 0.2) is 5.82 Å². The lowest BCUT2D eigenvalue weighted by Crippen LogP contribution is -2.52. The first-order valence-corrected chi connectivity index (χ1v) is 12.2. The van der Waals surface area contributed by atoms with Crippen molar-refractivity contribution in [2.24, 2.45) is 5.41 Å². The van der Waals surface area contributed by atoms with E-state index in [2.05, 4.69) is 19.9 Å². The summed E-state index contributed by atoms with van der Waals surface area (Å²) in [6.07, 6.45) is 13.0. The average Bonchev–Trinajstić information content (AvgIpc) is 2.82. The summed E-state index contributed by atoms with van der Waals surface area (Å²) in [5.74, 6) is 0.680. The van der Waals surface area contributed by atoms with Crippen molar-refractivity contribution in [1.29, 1.82) is 0 Å². The van der Waals surface area contributed by atoms with Gasteiger partial charge in [0.1, 0.15) is 0 Å². The molecule has 0 bridgehead atoms. The predicted octanol–water partition coefficient (Wildman–Crippen LogP) is 5.91. The van der Waals surface area contributed by atoms with Crippen molar-refractivity contribution >= 4 is 17.5 Å². The van der Waals surface area contributed by atoms with Crippen molar-refractivity contribution in [3.8, 4) is 11.4 Å². The summed E-state index contributed by atoms with van der Waals surface area (Å²) in [4.78, 5) is 29.4. The zero-order chi connectivity index (χ0) is 22.8. The van der Waals surface area contributed by atoms with Crippen LogP contribution in [0.15, 0.2) is 55.0 Å². The Balaban J connectivity index is 1.43. The number of rotatable bonds is 5. The minimum absolute atomic E-state index is 0.0874. The summed E-state index contributed by atoms with van der Waals surface area (Å²) in [6.45, 7) is 2.83. The highest BCUT2D eigenvalue weighted by atomic mass is 35.5. The van der Waals surface area contributed by atoms with Crippen molar-refractivity contribution in [2.45, 2.75) is 57.9 Å². The number of nitrogens with zero attached hydrogens (tertiary/aromatic N) is 4. The maximum atomic E-state index is 14.0. The van der Waals surface area contributed by atoms with Crippen LogP contribution in [0.1, 0.15) is 60.1 Å². The quantitative estimate of drug-likeness (QED) is 0.475. The second-order valence-electron chi connectivity index (χ2n) is 9.59. The average molecular weight is 461 g/mol. The first-order valence-electron chi connectivity index (χ1n) is 11.8. The number of piperidine rings is 1. The van der Waals surface area contributed by atoms with E-state index in [1.807, 2.05) is 37.3 Å². The molecule has 1 unspecified atom stereocenters. The zero-order valence-corrected chi connectivity index (χ0v) is 19.8. The molecular formula is C27H29ClN4O. The summed E-state index contributed by atoms with van der Waals surface area (Å²) in [7, 11) is 0. The Morgan fingerprint density at radius 1 is 1.12 bits per heavy atom. The van der Waals surface area contributed by atoms with Gasteiger partial charge in [-0.2, -0.15) is 0 Å². The van der Waals surface area contributed by atoms with E-state index in [0.29, 0.717) is 21.8 Å². The summed E-state index contributed by atoms with van der Waals surface area (Å²) in [5.41, 5.74) is 4.00. The van der Waals surface area contributed by atoms with Crippen LogP contribution in [-0.4, -0.2) is 38.3 Å². The number of hydrogen-bond donors (Lipinski definition) is 0. The number of amides is 1. The van der Waals surface area contributed by atoms with Crippen molar-refractivity contribution in [3.63, 3.8) is 0 Å². The van der Waals surface area contributed by atoms with E-state index >= 15 is 0 Å². The Hall–Kier alpha value is -2.79. The molecule has 1 atom stereocenters. The lowest BCUT2D eigenvalue weighted by Gasteiger charge is -2.52. The van der Waals surface area contributed by atoms with E-state index in [9.17, 15) is 4.79 Å². The molecule has 1 aromatic carbocycles. The van der Waals surface area contributed by atoms with Crippen LogP contribution in [-0.2, 0) is 6.42 Å². The second kappa shape index (κ2) is 9.22. The number of aromatic nitrogens is 3. The molecule has 1 spiro atoms. The van der Waals surface area contributed by atoms with Gasteiger partial charge in [0.25, 0.3) is 5.91 Å². The molecule has 170 valence electrons. The normalized spacial score (nSPS) is 19.3. The maximum absolute atomic E-state index is 14.0. The van der Waals surface area contributed by atoms with Crippen molar-refractivity contribution in [2.75, 3.05) is 6.54 Å². The first kappa shape index (κ1) is 22.0. The molecule has 1 amide bonds. The molecule has 0 radical (unpaired) electrons. The fourth-order valence-electron chi connectivity index (χ4n) is 5.40. The molecule has 2 aromatic heterocycles. The third-order valence-electron chi connectivity index (χ3n) is 7.40. The Morgan fingerprint density at radius 3 is 2.64 bits per heavy atom. The van der Waals surface area contributed by atoms with E-state index < -0.39 is 0 Å². The van der Waals surface area contributed by atoms with Crippen LogP contribution in [0, 0.1) is 12.3 Å². The molecule has 5 nitrogen and oxygen atoms in total. The highest BCUT2D eigenvalue weighted by Gasteiger charge is 2.45. The van der Waals surface area contributed by atoms with E-state index in [4.69, 9.17) is 11.6 Å². The van der Waals surface area contributed by atoms with E-state index in [1.165, 1.54) is 19.3 Å². The fourth-order valence-corrected chi connectivity index (χ4v) is 5.51. The van der Waals surface area contributed by atoms with E-state index in [-0.39, 0.29) is 11.9 Å². The summed E-state index contributed by atoms with van der Waals surface area (Å²) >= 11 is 6.01. The van der Waals surface area contributed by atoms with Gasteiger partial charge in [-0.25, -0.2) is 9.97 Å². The largest absolute Gasteiger partial charge is 0.336 e. The molecule has 1 saturated carbocycles. The third kappa shape index (κ3) is 4.65. The number of likely N-dealkylation sites (tertiary alicyclic amines) is 1. The lowest BCUT2D eigenvalue weighted by molar-refractivity contribution is -0.00215. The molecule has 1 aliphatic carbocycles. The first-order chi connectivity index (χ1) is 16.0. The van der Waals surface area contributed by atoms with Gasteiger partial charge in [-0.05, 0) is 75.1 Å². The van der Waals surface area contributed by atoms with Gasteiger partial charge in [-0.1, -0.05) is 35.7 Å². The van der Waals surface area contributed by atoms with Gasteiger partial charge in [-0.3, -0.25) is 9.78 Å². The Bertz CT molecular complexity index is 1130. The van der Waals surface area contributed by atoms with E-state index in [1.54, 1.807) is 24.7 Å². The van der Waals surface area contributed by atoms with Crippen LogP contribution >= 0.6 is 11.6 Å². The molecule has 1 saturated heterocycles. The number of carbonyl (C=O) groups excluding carboxylic acids is 1. The predicted molar refractivity (Wildman–Crippen MR) is 130 cm³/mol. The minimum atomic E-state index is 0.0874. The molecule has 1 aliphatic heterocycles. The van der Waals surface area contributed by atoms with Gasteiger partial charge in [-0.15, -0.1) is 0 Å². The highest BCUT2D eigenvalue weighted by molar-refractivity contribution is 6.30.